The molecule has 2 N–H and O–H groups in total. The van der Waals surface area contributed by atoms with Crippen molar-refractivity contribution in [1.82, 2.24) is 10.3 Å². The Morgan fingerprint density at radius 3 is 2.81 bits per heavy atom. The van der Waals surface area contributed by atoms with E-state index in [1.54, 1.807) is 6.07 Å². The van der Waals surface area contributed by atoms with Crippen LogP contribution < -0.4 is 5.32 Å². The van der Waals surface area contributed by atoms with Gasteiger partial charge in [-0.3, -0.25) is 4.79 Å². The molecular weight excluding hydrogens is 367 g/mol. The van der Waals surface area contributed by atoms with E-state index in [4.69, 9.17) is 23.2 Å². The van der Waals surface area contributed by atoms with Crippen LogP contribution in [-0.4, -0.2) is 16.9 Å². The molecule has 1 aliphatic rings. The van der Waals surface area contributed by atoms with Crippen LogP contribution in [0.15, 0.2) is 30.3 Å². The number of aromatic amines is 1. The van der Waals surface area contributed by atoms with Crippen LogP contribution in [0.1, 0.15) is 39.2 Å². The van der Waals surface area contributed by atoms with Gasteiger partial charge in [0, 0.05) is 27.7 Å². The highest BCUT2D eigenvalue weighted by atomic mass is 35.5. The molecule has 1 aromatic heterocycles. The van der Waals surface area contributed by atoms with Crippen molar-refractivity contribution in [2.24, 2.45) is 0 Å². The Bertz CT molecular complexity index is 1020. The zero-order valence-electron chi connectivity index (χ0n) is 14.7. The number of hydrogen-bond acceptors (Lipinski definition) is 1. The lowest BCUT2D eigenvalue weighted by atomic mass is 9.91. The first-order valence-electron chi connectivity index (χ1n) is 8.79. The normalized spacial score (nSPS) is 16.5. The largest absolute Gasteiger partial charge is 0.358 e. The van der Waals surface area contributed by atoms with Crippen LogP contribution in [0, 0.1) is 13.8 Å². The van der Waals surface area contributed by atoms with E-state index in [1.807, 2.05) is 31.2 Å². The molecule has 0 spiro atoms. The van der Waals surface area contributed by atoms with E-state index >= 15 is 0 Å². The van der Waals surface area contributed by atoms with Gasteiger partial charge in [0.15, 0.2) is 0 Å². The highest BCUT2D eigenvalue weighted by Gasteiger charge is 2.25. The summed E-state index contributed by atoms with van der Waals surface area (Å²) in [6, 6.07) is 9.59. The van der Waals surface area contributed by atoms with E-state index in [0.29, 0.717) is 10.6 Å². The summed E-state index contributed by atoms with van der Waals surface area (Å²) in [5.41, 5.74) is 6.37. The van der Waals surface area contributed by atoms with Gasteiger partial charge in [0.1, 0.15) is 0 Å². The second-order valence-electron chi connectivity index (χ2n) is 7.12. The quantitative estimate of drug-likeness (QED) is 0.609. The number of carbonyl (C=O) groups is 1. The summed E-state index contributed by atoms with van der Waals surface area (Å²) in [6.07, 6.45) is 2.61. The van der Waals surface area contributed by atoms with Crippen LogP contribution in [0.25, 0.3) is 10.9 Å². The summed E-state index contributed by atoms with van der Waals surface area (Å²) in [7, 11) is 0. The molecule has 3 nitrogen and oxygen atoms in total. The van der Waals surface area contributed by atoms with E-state index in [2.05, 4.69) is 17.2 Å². The van der Waals surface area contributed by atoms with Crippen molar-refractivity contribution in [3.63, 3.8) is 0 Å². The average Bonchev–Trinajstić information content (AvgIpc) is 2.95. The molecule has 1 amide bonds. The first-order valence-corrected chi connectivity index (χ1v) is 9.54. The number of fused-ring (bicyclic) bond motifs is 3. The molecule has 0 bridgehead atoms. The lowest BCUT2D eigenvalue weighted by Gasteiger charge is -2.24. The number of carbonyl (C=O) groups excluding carboxylic acids is 1. The molecule has 134 valence electrons. The van der Waals surface area contributed by atoms with E-state index in [-0.39, 0.29) is 11.9 Å². The van der Waals surface area contributed by atoms with Gasteiger partial charge in [0.2, 0.25) is 0 Å². The van der Waals surface area contributed by atoms with Gasteiger partial charge in [-0.15, -0.1) is 0 Å². The van der Waals surface area contributed by atoms with Crippen molar-refractivity contribution in [3.05, 3.63) is 68.3 Å². The van der Waals surface area contributed by atoms with Gasteiger partial charge in [-0.05, 0) is 68.5 Å². The first kappa shape index (κ1) is 17.4. The van der Waals surface area contributed by atoms with Crippen LogP contribution in [0.3, 0.4) is 0 Å². The molecule has 1 heterocycles. The molecule has 3 aromatic rings. The molecule has 0 aliphatic heterocycles. The minimum Gasteiger partial charge on any atom is -0.358 e. The van der Waals surface area contributed by atoms with E-state index in [9.17, 15) is 4.79 Å². The van der Waals surface area contributed by atoms with Gasteiger partial charge in [0.05, 0.1) is 10.6 Å². The third-order valence-electron chi connectivity index (χ3n) is 5.16. The number of halogens is 2. The number of H-pyrrole nitrogens is 1. The second kappa shape index (κ2) is 6.64. The Kier molecular flexibility index (Phi) is 4.45. The summed E-state index contributed by atoms with van der Waals surface area (Å²) in [5, 5.41) is 5.55. The molecule has 4 rings (SSSR count). The minimum absolute atomic E-state index is 0.0878. The molecule has 5 heteroatoms. The predicted octanol–water partition coefficient (Wildman–Crippen LogP) is 5.38. The zero-order valence-corrected chi connectivity index (χ0v) is 16.3. The Labute approximate surface area is 162 Å². The van der Waals surface area contributed by atoms with Crippen LogP contribution in [-0.2, 0) is 12.8 Å². The minimum atomic E-state index is -0.110. The van der Waals surface area contributed by atoms with Gasteiger partial charge in [-0.25, -0.2) is 0 Å². The third-order valence-corrected chi connectivity index (χ3v) is 5.71. The van der Waals surface area contributed by atoms with Crippen LogP contribution in [0.2, 0.25) is 10.0 Å². The number of aromatic nitrogens is 1. The summed E-state index contributed by atoms with van der Waals surface area (Å²) < 4.78 is 0. The number of aryl methyl sites for hydroxylation is 3. The smallest absolute Gasteiger partial charge is 0.253 e. The molecule has 2 aromatic carbocycles. The summed E-state index contributed by atoms with van der Waals surface area (Å²) in [5.74, 6) is -0.110. The van der Waals surface area contributed by atoms with E-state index < -0.39 is 0 Å². The monoisotopic (exact) mass is 386 g/mol. The molecule has 0 radical (unpaired) electrons. The van der Waals surface area contributed by atoms with E-state index in [1.165, 1.54) is 11.3 Å². The Morgan fingerprint density at radius 2 is 2.00 bits per heavy atom. The number of hydrogen-bond donors (Lipinski definition) is 2. The Balaban J connectivity index is 1.60. The van der Waals surface area contributed by atoms with Crippen LogP contribution >= 0.6 is 23.2 Å². The third kappa shape index (κ3) is 3.10. The maximum atomic E-state index is 12.7. The van der Waals surface area contributed by atoms with Gasteiger partial charge in [-0.2, -0.15) is 0 Å². The van der Waals surface area contributed by atoms with Gasteiger partial charge in [0.25, 0.3) is 5.91 Å². The van der Waals surface area contributed by atoms with Gasteiger partial charge in [-0.1, -0.05) is 34.8 Å². The second-order valence-corrected chi connectivity index (χ2v) is 7.97. The average molecular weight is 387 g/mol. The van der Waals surface area contributed by atoms with Crippen molar-refractivity contribution in [1.29, 1.82) is 0 Å². The van der Waals surface area contributed by atoms with Crippen molar-refractivity contribution in [2.75, 3.05) is 0 Å². The Morgan fingerprint density at radius 1 is 1.19 bits per heavy atom. The van der Waals surface area contributed by atoms with E-state index in [0.717, 1.165) is 46.3 Å². The molecule has 26 heavy (non-hydrogen) atoms. The molecule has 1 aliphatic carbocycles. The first-order chi connectivity index (χ1) is 12.4. The SMILES string of the molecule is Cc1ccc(Cl)c(C(=O)NC2CCc3[nH]c4c(C)cc(Cl)cc4c3C2)c1. The molecule has 0 saturated carbocycles. The fourth-order valence-electron chi connectivity index (χ4n) is 3.85. The fraction of sp³-hybridized carbons (Fsp3) is 0.286. The molecule has 1 atom stereocenters. The maximum Gasteiger partial charge on any atom is 0.253 e. The van der Waals surface area contributed by atoms with Crippen LogP contribution in [0.4, 0.5) is 0 Å². The topological polar surface area (TPSA) is 44.9 Å². The summed E-state index contributed by atoms with van der Waals surface area (Å²) in [4.78, 5) is 16.2. The summed E-state index contributed by atoms with van der Waals surface area (Å²) in [6.45, 7) is 4.02. The van der Waals surface area contributed by atoms with Gasteiger partial charge < -0.3 is 10.3 Å². The predicted molar refractivity (Wildman–Crippen MR) is 108 cm³/mol. The van der Waals surface area contributed by atoms with Crippen LogP contribution in [0.5, 0.6) is 0 Å². The molecule has 0 fully saturated rings. The standard InChI is InChI=1S/C21H20Cl2N2O/c1-11-3-5-18(23)17(7-11)21(26)24-14-4-6-19-15(10-14)16-9-13(22)8-12(2)20(16)25-19/h3,5,7-9,14,25H,4,6,10H2,1-2H3,(H,24,26). The van der Waals surface area contributed by atoms with Crippen molar-refractivity contribution < 1.29 is 4.79 Å². The number of benzene rings is 2. The van der Waals surface area contributed by atoms with Crippen molar-refractivity contribution in [2.45, 2.75) is 39.2 Å². The lowest BCUT2D eigenvalue weighted by Crippen LogP contribution is -2.38. The highest BCUT2D eigenvalue weighted by molar-refractivity contribution is 6.33. The molecule has 0 saturated heterocycles. The number of nitrogens with one attached hydrogen (secondary N) is 2. The maximum absolute atomic E-state index is 12.7. The number of amides is 1. The lowest BCUT2D eigenvalue weighted by molar-refractivity contribution is 0.0933. The fourth-order valence-corrected chi connectivity index (χ4v) is 4.33. The molecular formula is C21H20Cl2N2O. The van der Waals surface area contributed by atoms with Crippen molar-refractivity contribution >= 4 is 40.0 Å². The zero-order chi connectivity index (χ0) is 18.4. The summed E-state index contributed by atoms with van der Waals surface area (Å²) >= 11 is 12.5. The molecule has 1 unspecified atom stereocenters. The van der Waals surface area contributed by atoms with Crippen molar-refractivity contribution in [3.8, 4) is 0 Å². The Hall–Kier alpha value is -1.97. The number of rotatable bonds is 2. The van der Waals surface area contributed by atoms with Gasteiger partial charge >= 0.3 is 0 Å². The highest BCUT2D eigenvalue weighted by Crippen LogP contribution is 2.33.